The third-order valence-corrected chi connectivity index (χ3v) is 2.80. The number of carbonyl (C=O) groups is 1. The fraction of sp³-hybridized carbons (Fsp3) is 0.0714. The second kappa shape index (κ2) is 3.84. The number of anilines is 2. The number of hydrogen-bond donors (Lipinski definition) is 0. The third kappa shape index (κ3) is 1.54. The van der Waals surface area contributed by atoms with Crippen molar-refractivity contribution in [3.63, 3.8) is 0 Å². The van der Waals surface area contributed by atoms with Gasteiger partial charge in [-0.3, -0.25) is 9.69 Å². The summed E-state index contributed by atoms with van der Waals surface area (Å²) in [4.78, 5) is 13.2. The minimum Gasteiger partial charge on any atom is -0.453 e. The SMILES string of the molecule is CC(=O)N1c2ccccc2Oc2ccc(F)cc21. The topological polar surface area (TPSA) is 29.5 Å². The van der Waals surface area contributed by atoms with Crippen molar-refractivity contribution in [1.29, 1.82) is 0 Å². The van der Waals surface area contributed by atoms with E-state index in [0.717, 1.165) is 0 Å². The summed E-state index contributed by atoms with van der Waals surface area (Å²) < 4.78 is 19.0. The number of rotatable bonds is 0. The molecule has 0 fully saturated rings. The highest BCUT2D eigenvalue weighted by molar-refractivity contribution is 6.03. The summed E-state index contributed by atoms with van der Waals surface area (Å²) in [7, 11) is 0. The molecular weight excluding hydrogens is 233 g/mol. The molecule has 1 heterocycles. The molecule has 3 rings (SSSR count). The molecule has 0 aromatic heterocycles. The molecule has 2 aromatic rings. The predicted molar refractivity (Wildman–Crippen MR) is 65.7 cm³/mol. The largest absolute Gasteiger partial charge is 0.453 e. The van der Waals surface area contributed by atoms with Gasteiger partial charge in [0.2, 0.25) is 5.91 Å². The van der Waals surface area contributed by atoms with Crippen LogP contribution in [0.1, 0.15) is 6.92 Å². The standard InChI is InChI=1S/C14H10FNO2/c1-9(17)16-11-4-2-3-5-13(11)18-14-7-6-10(15)8-12(14)16/h2-8H,1H3. The van der Waals surface area contributed by atoms with Crippen LogP contribution in [0, 0.1) is 5.82 Å². The highest BCUT2D eigenvalue weighted by Gasteiger charge is 2.27. The average Bonchev–Trinajstić information content (AvgIpc) is 2.35. The van der Waals surface area contributed by atoms with Gasteiger partial charge in [0.05, 0.1) is 11.4 Å². The van der Waals surface area contributed by atoms with Gasteiger partial charge in [-0.05, 0) is 24.3 Å². The van der Waals surface area contributed by atoms with Crippen LogP contribution in [-0.2, 0) is 4.79 Å². The van der Waals surface area contributed by atoms with Crippen LogP contribution in [0.3, 0.4) is 0 Å². The Morgan fingerprint density at radius 2 is 1.83 bits per heavy atom. The van der Waals surface area contributed by atoms with E-state index in [9.17, 15) is 9.18 Å². The van der Waals surface area contributed by atoms with Crippen LogP contribution in [0.4, 0.5) is 15.8 Å². The molecule has 18 heavy (non-hydrogen) atoms. The van der Waals surface area contributed by atoms with Gasteiger partial charge in [-0.25, -0.2) is 4.39 Å². The minimum atomic E-state index is -0.400. The molecule has 90 valence electrons. The van der Waals surface area contributed by atoms with Crippen LogP contribution < -0.4 is 9.64 Å². The molecule has 0 aliphatic carbocycles. The lowest BCUT2D eigenvalue weighted by Crippen LogP contribution is -2.26. The maximum Gasteiger partial charge on any atom is 0.228 e. The number of benzene rings is 2. The zero-order chi connectivity index (χ0) is 12.7. The molecular formula is C14H10FNO2. The van der Waals surface area contributed by atoms with E-state index >= 15 is 0 Å². The van der Waals surface area contributed by atoms with E-state index in [2.05, 4.69) is 0 Å². The fourth-order valence-electron chi connectivity index (χ4n) is 2.07. The summed E-state index contributed by atoms with van der Waals surface area (Å²) >= 11 is 0. The smallest absolute Gasteiger partial charge is 0.228 e. The molecule has 0 N–H and O–H groups in total. The lowest BCUT2D eigenvalue weighted by Gasteiger charge is -2.30. The Kier molecular flexibility index (Phi) is 2.30. The van der Waals surface area contributed by atoms with E-state index in [0.29, 0.717) is 22.9 Å². The normalized spacial score (nSPS) is 12.4. The van der Waals surface area contributed by atoms with Gasteiger partial charge < -0.3 is 4.74 Å². The number of hydrogen-bond acceptors (Lipinski definition) is 2. The van der Waals surface area contributed by atoms with Gasteiger partial charge >= 0.3 is 0 Å². The number of carbonyl (C=O) groups excluding carboxylic acids is 1. The highest BCUT2D eigenvalue weighted by Crippen LogP contribution is 2.46. The maximum atomic E-state index is 13.3. The van der Waals surface area contributed by atoms with E-state index < -0.39 is 5.82 Å². The Labute approximate surface area is 103 Å². The summed E-state index contributed by atoms with van der Waals surface area (Å²) in [6.45, 7) is 1.44. The molecule has 0 unspecified atom stereocenters. The second-order valence-electron chi connectivity index (χ2n) is 4.04. The molecule has 0 saturated carbocycles. The Morgan fingerprint density at radius 1 is 1.11 bits per heavy atom. The average molecular weight is 243 g/mol. The summed E-state index contributed by atoms with van der Waals surface area (Å²) in [5.74, 6) is 0.484. The molecule has 1 aliphatic heterocycles. The van der Waals surface area contributed by atoms with Crippen molar-refractivity contribution in [2.24, 2.45) is 0 Å². The molecule has 0 radical (unpaired) electrons. The number of amides is 1. The predicted octanol–water partition coefficient (Wildman–Crippen LogP) is 3.62. The quantitative estimate of drug-likeness (QED) is 0.707. The molecule has 3 nitrogen and oxygen atoms in total. The summed E-state index contributed by atoms with van der Waals surface area (Å²) in [6.07, 6.45) is 0. The molecule has 0 spiro atoms. The number of nitrogens with zero attached hydrogens (tertiary/aromatic N) is 1. The van der Waals surface area contributed by atoms with Crippen molar-refractivity contribution in [2.75, 3.05) is 4.90 Å². The van der Waals surface area contributed by atoms with Crippen LogP contribution in [0.2, 0.25) is 0 Å². The van der Waals surface area contributed by atoms with Crippen molar-refractivity contribution in [3.8, 4) is 11.5 Å². The first-order valence-corrected chi connectivity index (χ1v) is 5.54. The van der Waals surface area contributed by atoms with Crippen molar-refractivity contribution in [2.45, 2.75) is 6.92 Å². The zero-order valence-electron chi connectivity index (χ0n) is 9.68. The number of fused-ring (bicyclic) bond motifs is 2. The molecule has 4 heteroatoms. The molecule has 0 bridgehead atoms. The number of ether oxygens (including phenoxy) is 1. The second-order valence-corrected chi connectivity index (χ2v) is 4.04. The van der Waals surface area contributed by atoms with E-state index in [4.69, 9.17) is 4.74 Å². The lowest BCUT2D eigenvalue weighted by molar-refractivity contribution is -0.115. The Balaban J connectivity index is 2.24. The number of halogens is 1. The van der Waals surface area contributed by atoms with Gasteiger partial charge in [0.15, 0.2) is 11.5 Å². The van der Waals surface area contributed by atoms with Crippen molar-refractivity contribution in [3.05, 3.63) is 48.3 Å². The molecule has 1 amide bonds. The Morgan fingerprint density at radius 3 is 2.61 bits per heavy atom. The lowest BCUT2D eigenvalue weighted by atomic mass is 10.1. The van der Waals surface area contributed by atoms with Crippen LogP contribution in [0.15, 0.2) is 42.5 Å². The monoisotopic (exact) mass is 243 g/mol. The van der Waals surface area contributed by atoms with Crippen LogP contribution >= 0.6 is 0 Å². The summed E-state index contributed by atoms with van der Waals surface area (Å²) in [5.41, 5.74) is 1.06. The van der Waals surface area contributed by atoms with Gasteiger partial charge in [0.25, 0.3) is 0 Å². The fourth-order valence-corrected chi connectivity index (χ4v) is 2.07. The first-order chi connectivity index (χ1) is 8.66. The van der Waals surface area contributed by atoms with Gasteiger partial charge in [0, 0.05) is 13.0 Å². The van der Waals surface area contributed by atoms with Gasteiger partial charge in [0.1, 0.15) is 5.82 Å². The van der Waals surface area contributed by atoms with Crippen LogP contribution in [0.25, 0.3) is 0 Å². The molecule has 1 aliphatic rings. The Hall–Kier alpha value is -2.36. The van der Waals surface area contributed by atoms with Crippen LogP contribution in [-0.4, -0.2) is 5.91 Å². The first-order valence-electron chi connectivity index (χ1n) is 5.54. The van der Waals surface area contributed by atoms with Crippen LogP contribution in [0.5, 0.6) is 11.5 Å². The highest BCUT2D eigenvalue weighted by atomic mass is 19.1. The third-order valence-electron chi connectivity index (χ3n) is 2.80. The van der Waals surface area contributed by atoms with E-state index in [1.165, 1.54) is 30.0 Å². The molecule has 2 aromatic carbocycles. The van der Waals surface area contributed by atoms with E-state index in [1.807, 2.05) is 12.1 Å². The Bertz CT molecular complexity index is 639. The van der Waals surface area contributed by atoms with Crippen molar-refractivity contribution in [1.82, 2.24) is 0 Å². The minimum absolute atomic E-state index is 0.183. The van der Waals surface area contributed by atoms with Gasteiger partial charge in [-0.1, -0.05) is 12.1 Å². The van der Waals surface area contributed by atoms with Crippen molar-refractivity contribution < 1.29 is 13.9 Å². The maximum absolute atomic E-state index is 13.3. The molecule has 0 atom stereocenters. The van der Waals surface area contributed by atoms with E-state index in [-0.39, 0.29) is 5.91 Å². The zero-order valence-corrected chi connectivity index (χ0v) is 9.68. The van der Waals surface area contributed by atoms with Gasteiger partial charge in [-0.15, -0.1) is 0 Å². The summed E-state index contributed by atoms with van der Waals surface area (Å²) in [5, 5.41) is 0. The van der Waals surface area contributed by atoms with Crippen molar-refractivity contribution >= 4 is 17.3 Å². The van der Waals surface area contributed by atoms with Gasteiger partial charge in [-0.2, -0.15) is 0 Å². The first kappa shape index (κ1) is 10.8. The molecule has 0 saturated heterocycles. The summed E-state index contributed by atoms with van der Waals surface area (Å²) in [6, 6.07) is 11.3. The number of para-hydroxylation sites is 2. The van der Waals surface area contributed by atoms with E-state index in [1.54, 1.807) is 12.1 Å².